The zero-order valence-electron chi connectivity index (χ0n) is 10.6. The maximum Gasteiger partial charge on any atom is 0.168 e. The van der Waals surface area contributed by atoms with Gasteiger partial charge in [0.05, 0.1) is 22.6 Å². The molecule has 0 aliphatic carbocycles. The molecule has 2 rings (SSSR count). The highest BCUT2D eigenvalue weighted by atomic mass is 79.9. The molecule has 0 saturated carbocycles. The molecule has 0 bridgehead atoms. The average Bonchev–Trinajstić information content (AvgIpc) is 2.56. The van der Waals surface area contributed by atoms with Gasteiger partial charge in [-0.25, -0.2) is 4.39 Å². The first-order chi connectivity index (χ1) is 8.41. The Bertz CT molecular complexity index is 475. The van der Waals surface area contributed by atoms with Gasteiger partial charge in [0.1, 0.15) is 5.82 Å². The Hall–Kier alpha value is -0.740. The molecule has 4 heteroatoms. The molecular formula is C14H16BrFO2. The normalized spacial score (nSPS) is 31.6. The average molecular weight is 315 g/mol. The summed E-state index contributed by atoms with van der Waals surface area (Å²) in [7, 11) is 0. The minimum Gasteiger partial charge on any atom is -0.374 e. The summed E-state index contributed by atoms with van der Waals surface area (Å²) in [5.74, 6) is -0.308. The Morgan fingerprint density at radius 3 is 2.44 bits per heavy atom. The van der Waals surface area contributed by atoms with E-state index in [9.17, 15) is 9.18 Å². The quantitative estimate of drug-likeness (QED) is 0.775. The molecule has 1 aromatic rings. The van der Waals surface area contributed by atoms with Crippen LogP contribution in [0.15, 0.2) is 22.7 Å². The van der Waals surface area contributed by atoms with Gasteiger partial charge >= 0.3 is 0 Å². The second-order valence-electron chi connectivity index (χ2n) is 4.92. The van der Waals surface area contributed by atoms with Crippen LogP contribution in [0.1, 0.15) is 31.1 Å². The summed E-state index contributed by atoms with van der Waals surface area (Å²) in [4.78, 5) is 12.5. The summed E-state index contributed by atoms with van der Waals surface area (Å²) in [6.45, 7) is 5.92. The van der Waals surface area contributed by atoms with E-state index in [0.717, 1.165) is 0 Å². The fraction of sp³-hybridized carbons (Fsp3) is 0.500. The topological polar surface area (TPSA) is 26.3 Å². The van der Waals surface area contributed by atoms with Crippen LogP contribution in [0, 0.1) is 17.7 Å². The van der Waals surface area contributed by atoms with E-state index >= 15 is 0 Å². The third-order valence-corrected chi connectivity index (χ3v) is 4.36. The van der Waals surface area contributed by atoms with Crippen LogP contribution >= 0.6 is 15.9 Å². The van der Waals surface area contributed by atoms with Crippen LogP contribution in [-0.2, 0) is 4.74 Å². The number of hydrogen-bond donors (Lipinski definition) is 0. The number of carbonyl (C=O) groups excluding carboxylic acids is 1. The molecule has 1 saturated heterocycles. The number of hydrogen-bond acceptors (Lipinski definition) is 2. The smallest absolute Gasteiger partial charge is 0.168 e. The summed E-state index contributed by atoms with van der Waals surface area (Å²) in [6.07, 6.45) is -0.0100. The van der Waals surface area contributed by atoms with Crippen molar-refractivity contribution in [2.75, 3.05) is 0 Å². The number of ketones is 1. The first kappa shape index (κ1) is 13.7. The molecule has 98 valence electrons. The molecular weight excluding hydrogens is 299 g/mol. The third kappa shape index (κ3) is 2.36. The lowest BCUT2D eigenvalue weighted by atomic mass is 9.83. The lowest BCUT2D eigenvalue weighted by Crippen LogP contribution is -2.26. The summed E-state index contributed by atoms with van der Waals surface area (Å²) in [5.41, 5.74) is 0.532. The summed E-state index contributed by atoms with van der Waals surface area (Å²) in [5, 5.41) is 0. The molecule has 0 spiro atoms. The molecule has 18 heavy (non-hydrogen) atoms. The van der Waals surface area contributed by atoms with Gasteiger partial charge in [-0.15, -0.1) is 0 Å². The summed E-state index contributed by atoms with van der Waals surface area (Å²) < 4.78 is 19.2. The third-order valence-electron chi connectivity index (χ3n) is 3.75. The van der Waals surface area contributed by atoms with E-state index in [0.29, 0.717) is 10.0 Å². The zero-order chi connectivity index (χ0) is 13.4. The molecule has 1 fully saturated rings. The molecule has 1 aliphatic heterocycles. The maximum atomic E-state index is 13.2. The van der Waals surface area contributed by atoms with Crippen molar-refractivity contribution in [2.24, 2.45) is 11.8 Å². The second kappa shape index (κ2) is 5.10. The van der Waals surface area contributed by atoms with E-state index in [1.165, 1.54) is 12.1 Å². The van der Waals surface area contributed by atoms with Crippen LogP contribution in [0.4, 0.5) is 4.39 Å². The van der Waals surface area contributed by atoms with Crippen molar-refractivity contribution in [1.82, 2.24) is 0 Å². The minimum absolute atomic E-state index is 0.0278. The highest BCUT2D eigenvalue weighted by Crippen LogP contribution is 2.35. The van der Waals surface area contributed by atoms with Gasteiger partial charge in [-0.05, 0) is 53.9 Å². The van der Waals surface area contributed by atoms with Crippen LogP contribution in [0.25, 0.3) is 0 Å². The molecule has 2 nitrogen and oxygen atoms in total. The second-order valence-corrected chi connectivity index (χ2v) is 5.78. The molecule has 0 aromatic heterocycles. The van der Waals surface area contributed by atoms with Gasteiger partial charge in [0.15, 0.2) is 5.78 Å². The zero-order valence-corrected chi connectivity index (χ0v) is 12.2. The molecule has 4 atom stereocenters. The molecule has 1 heterocycles. The van der Waals surface area contributed by atoms with Crippen LogP contribution < -0.4 is 0 Å². The van der Waals surface area contributed by atoms with Crippen molar-refractivity contribution in [3.05, 3.63) is 34.1 Å². The van der Waals surface area contributed by atoms with E-state index in [1.807, 2.05) is 20.8 Å². The predicted molar refractivity (Wildman–Crippen MR) is 71.1 cm³/mol. The number of carbonyl (C=O) groups is 1. The van der Waals surface area contributed by atoms with Gasteiger partial charge in [0, 0.05) is 5.56 Å². The van der Waals surface area contributed by atoms with Crippen molar-refractivity contribution < 1.29 is 13.9 Å². The van der Waals surface area contributed by atoms with Gasteiger partial charge < -0.3 is 4.74 Å². The van der Waals surface area contributed by atoms with E-state index in [1.54, 1.807) is 6.07 Å². The minimum atomic E-state index is -0.358. The van der Waals surface area contributed by atoms with E-state index in [2.05, 4.69) is 15.9 Å². The molecule has 1 aromatic carbocycles. The van der Waals surface area contributed by atoms with Gasteiger partial charge in [-0.3, -0.25) is 4.79 Å². The van der Waals surface area contributed by atoms with Gasteiger partial charge in [0.25, 0.3) is 0 Å². The van der Waals surface area contributed by atoms with Crippen molar-refractivity contribution >= 4 is 21.7 Å². The Balaban J connectivity index is 2.28. The van der Waals surface area contributed by atoms with E-state index in [4.69, 9.17) is 4.74 Å². The first-order valence-corrected chi connectivity index (χ1v) is 6.86. The molecule has 0 radical (unpaired) electrons. The molecule has 4 unspecified atom stereocenters. The standard InChI is InChI=1S/C14H16BrFO2/c1-7-8(2)18-9(3)13(7)14(17)10-4-5-12(16)11(15)6-10/h4-9,13H,1-3H3. The van der Waals surface area contributed by atoms with E-state index in [-0.39, 0.29) is 35.6 Å². The van der Waals surface area contributed by atoms with Crippen molar-refractivity contribution in [1.29, 1.82) is 0 Å². The number of benzene rings is 1. The molecule has 1 aliphatic rings. The maximum absolute atomic E-state index is 13.2. The Kier molecular flexibility index (Phi) is 3.87. The number of halogens is 2. The Labute approximate surface area is 115 Å². The van der Waals surface area contributed by atoms with Crippen molar-refractivity contribution in [2.45, 2.75) is 33.0 Å². The van der Waals surface area contributed by atoms with Gasteiger partial charge in [-0.1, -0.05) is 6.92 Å². The Morgan fingerprint density at radius 1 is 1.28 bits per heavy atom. The summed E-state index contributed by atoms with van der Waals surface area (Å²) >= 11 is 3.11. The largest absolute Gasteiger partial charge is 0.374 e. The lowest BCUT2D eigenvalue weighted by Gasteiger charge is -2.17. The van der Waals surface area contributed by atoms with Gasteiger partial charge in [0.2, 0.25) is 0 Å². The number of ether oxygens (including phenoxy) is 1. The van der Waals surface area contributed by atoms with Crippen LogP contribution in [0.3, 0.4) is 0 Å². The van der Waals surface area contributed by atoms with Gasteiger partial charge in [-0.2, -0.15) is 0 Å². The monoisotopic (exact) mass is 314 g/mol. The summed E-state index contributed by atoms with van der Waals surface area (Å²) in [6, 6.07) is 4.39. The van der Waals surface area contributed by atoms with Crippen LogP contribution in [0.2, 0.25) is 0 Å². The first-order valence-electron chi connectivity index (χ1n) is 6.06. The van der Waals surface area contributed by atoms with E-state index < -0.39 is 0 Å². The molecule has 0 N–H and O–H groups in total. The van der Waals surface area contributed by atoms with Crippen molar-refractivity contribution in [3.8, 4) is 0 Å². The highest BCUT2D eigenvalue weighted by molar-refractivity contribution is 9.10. The fourth-order valence-electron chi connectivity index (χ4n) is 2.56. The predicted octanol–water partition coefficient (Wildman–Crippen LogP) is 3.83. The number of rotatable bonds is 2. The van der Waals surface area contributed by atoms with Crippen molar-refractivity contribution in [3.63, 3.8) is 0 Å². The number of Topliss-reactive ketones (excluding diaryl/α,β-unsaturated/α-hetero) is 1. The van der Waals surface area contributed by atoms with Crippen LogP contribution in [-0.4, -0.2) is 18.0 Å². The molecule has 0 amide bonds. The SMILES string of the molecule is CC1OC(C)C(C(=O)c2ccc(F)c(Br)c2)C1C. The lowest BCUT2D eigenvalue weighted by molar-refractivity contribution is 0.0491. The fourth-order valence-corrected chi connectivity index (χ4v) is 2.94. The highest BCUT2D eigenvalue weighted by Gasteiger charge is 2.41. The Morgan fingerprint density at radius 2 is 1.94 bits per heavy atom. The van der Waals surface area contributed by atoms with Crippen LogP contribution in [0.5, 0.6) is 0 Å².